The Morgan fingerprint density at radius 2 is 1.02 bits per heavy atom. The molecule has 41 heavy (non-hydrogen) atoms. The Bertz CT molecular complexity index is 758. The summed E-state index contributed by atoms with van der Waals surface area (Å²) < 4.78 is 5.75. The zero-order chi connectivity index (χ0) is 30.2. The van der Waals surface area contributed by atoms with Crippen molar-refractivity contribution in [3.8, 4) is 5.75 Å². The zero-order valence-corrected chi connectivity index (χ0v) is 26.6. The average molecular weight is 575 g/mol. The van der Waals surface area contributed by atoms with E-state index in [0.717, 1.165) is 36.7 Å². The van der Waals surface area contributed by atoms with Crippen LogP contribution in [0.3, 0.4) is 0 Å². The number of para-hydroxylation sites is 1. The summed E-state index contributed by atoms with van der Waals surface area (Å²) in [6, 6.07) is 7.52. The Hall–Kier alpha value is -2.30. The molecular weight excluding hydrogens is 512 g/mol. The van der Waals surface area contributed by atoms with E-state index in [4.69, 9.17) is 14.9 Å². The molecule has 2 N–H and O–H groups in total. The van der Waals surface area contributed by atoms with E-state index in [1.807, 2.05) is 24.3 Å². The van der Waals surface area contributed by atoms with Gasteiger partial charge in [0.15, 0.2) is 0 Å². The quantitative estimate of drug-likeness (QED) is 0.0806. The predicted molar refractivity (Wildman–Crippen MR) is 174 cm³/mol. The van der Waals surface area contributed by atoms with Crippen molar-refractivity contribution in [3.05, 3.63) is 35.9 Å². The van der Waals surface area contributed by atoms with Gasteiger partial charge < -0.3 is 14.9 Å². The maximum absolute atomic E-state index is 10.6. The van der Waals surface area contributed by atoms with Crippen molar-refractivity contribution in [2.24, 2.45) is 0 Å². The molecule has 0 fully saturated rings. The molecule has 0 unspecified atom stereocenters. The van der Waals surface area contributed by atoms with E-state index in [-0.39, 0.29) is 0 Å². The first-order valence-electron chi connectivity index (χ1n) is 16.9. The molecule has 236 valence electrons. The monoisotopic (exact) mass is 574 g/mol. The van der Waals surface area contributed by atoms with Crippen molar-refractivity contribution >= 4 is 18.0 Å². The standard InChI is InChI=1S/C18H26O3.C18H36O2/c1-2-3-4-5-6-7-10-15-21-17-12-9-8-11-16(17)13-14-18(19)20;1-2-3-4-5-6-7-8-9-10-11-12-13-14-15-16-17-18(19)20/h8-9,11-14H,2-7,10,15H2,1H3,(H,19,20);2-17H2,1H3,(H,19,20)/b14-13+;. The molecule has 0 aliphatic carbocycles. The fourth-order valence-electron chi connectivity index (χ4n) is 4.80. The molecule has 0 aromatic heterocycles. The first kappa shape index (κ1) is 38.7. The van der Waals surface area contributed by atoms with Crippen LogP contribution in [0.2, 0.25) is 0 Å². The van der Waals surface area contributed by atoms with Gasteiger partial charge in [-0.25, -0.2) is 4.79 Å². The third-order valence-electron chi connectivity index (χ3n) is 7.32. The molecule has 1 aromatic carbocycles. The first-order valence-corrected chi connectivity index (χ1v) is 16.9. The molecule has 0 heterocycles. The molecule has 0 saturated heterocycles. The zero-order valence-electron chi connectivity index (χ0n) is 26.6. The van der Waals surface area contributed by atoms with Crippen LogP contribution >= 0.6 is 0 Å². The van der Waals surface area contributed by atoms with Gasteiger partial charge in [0, 0.05) is 18.1 Å². The molecular formula is C36H62O5. The van der Waals surface area contributed by atoms with E-state index >= 15 is 0 Å². The minimum absolute atomic E-state index is 0.345. The van der Waals surface area contributed by atoms with E-state index in [1.54, 1.807) is 6.08 Å². The molecule has 0 bridgehead atoms. The van der Waals surface area contributed by atoms with Crippen LogP contribution in [-0.4, -0.2) is 28.8 Å². The van der Waals surface area contributed by atoms with Crippen molar-refractivity contribution in [1.82, 2.24) is 0 Å². The summed E-state index contributed by atoms with van der Waals surface area (Å²) in [7, 11) is 0. The molecule has 0 spiro atoms. The number of carbonyl (C=O) groups is 2. The van der Waals surface area contributed by atoms with Crippen LogP contribution in [0.4, 0.5) is 0 Å². The van der Waals surface area contributed by atoms with Crippen LogP contribution in [0, 0.1) is 0 Å². The van der Waals surface area contributed by atoms with Gasteiger partial charge in [0.2, 0.25) is 0 Å². The lowest BCUT2D eigenvalue weighted by Crippen LogP contribution is -1.99. The fourth-order valence-corrected chi connectivity index (χ4v) is 4.80. The molecule has 0 aliphatic rings. The number of carboxylic acid groups (broad SMARTS) is 2. The van der Waals surface area contributed by atoms with Crippen molar-refractivity contribution < 1.29 is 24.5 Å². The lowest BCUT2D eigenvalue weighted by Gasteiger charge is -2.09. The van der Waals surface area contributed by atoms with Gasteiger partial charge in [0.25, 0.3) is 0 Å². The third kappa shape index (κ3) is 29.0. The summed E-state index contributed by atoms with van der Waals surface area (Å²) in [4.78, 5) is 20.9. The molecule has 0 amide bonds. The summed E-state index contributed by atoms with van der Waals surface area (Å²) in [5.74, 6) is -0.849. The number of benzene rings is 1. The number of aliphatic carboxylic acids is 2. The van der Waals surface area contributed by atoms with Crippen molar-refractivity contribution in [1.29, 1.82) is 0 Å². The van der Waals surface area contributed by atoms with E-state index < -0.39 is 11.9 Å². The van der Waals surface area contributed by atoms with E-state index in [1.165, 1.54) is 122 Å². The number of hydrogen-bond donors (Lipinski definition) is 2. The minimum atomic E-state index is -0.947. The van der Waals surface area contributed by atoms with E-state index in [2.05, 4.69) is 13.8 Å². The highest BCUT2D eigenvalue weighted by Gasteiger charge is 2.01. The summed E-state index contributed by atoms with van der Waals surface area (Å²) in [6.07, 6.45) is 31.7. The molecule has 0 atom stereocenters. The van der Waals surface area contributed by atoms with Crippen molar-refractivity contribution in [2.75, 3.05) is 6.61 Å². The minimum Gasteiger partial charge on any atom is -0.493 e. The summed E-state index contributed by atoms with van der Waals surface area (Å²) >= 11 is 0. The highest BCUT2D eigenvalue weighted by atomic mass is 16.5. The van der Waals surface area contributed by atoms with Gasteiger partial charge in [0.05, 0.1) is 6.61 Å². The van der Waals surface area contributed by atoms with Crippen LogP contribution in [0.1, 0.15) is 167 Å². The summed E-state index contributed by atoms with van der Waals surface area (Å²) in [5.41, 5.74) is 0.808. The largest absolute Gasteiger partial charge is 0.493 e. The Balaban J connectivity index is 0.000000782. The summed E-state index contributed by atoms with van der Waals surface area (Å²) in [6.45, 7) is 5.18. The maximum Gasteiger partial charge on any atom is 0.328 e. The van der Waals surface area contributed by atoms with Crippen LogP contribution in [0.5, 0.6) is 5.75 Å². The molecule has 5 heteroatoms. The van der Waals surface area contributed by atoms with Gasteiger partial charge >= 0.3 is 11.9 Å². The third-order valence-corrected chi connectivity index (χ3v) is 7.32. The van der Waals surface area contributed by atoms with Crippen LogP contribution in [0.25, 0.3) is 6.08 Å². The van der Waals surface area contributed by atoms with E-state index in [9.17, 15) is 9.59 Å². The molecule has 1 rings (SSSR count). The Morgan fingerprint density at radius 1 is 0.610 bits per heavy atom. The average Bonchev–Trinajstić information content (AvgIpc) is 2.96. The van der Waals surface area contributed by atoms with Crippen LogP contribution in [0.15, 0.2) is 30.3 Å². The molecule has 1 aromatic rings. The van der Waals surface area contributed by atoms with Crippen LogP contribution in [-0.2, 0) is 9.59 Å². The van der Waals surface area contributed by atoms with Gasteiger partial charge in [-0.3, -0.25) is 4.79 Å². The van der Waals surface area contributed by atoms with Gasteiger partial charge in [-0.05, 0) is 25.0 Å². The fraction of sp³-hybridized carbons (Fsp3) is 0.722. The number of ether oxygens (including phenoxy) is 1. The Morgan fingerprint density at radius 3 is 1.46 bits per heavy atom. The highest BCUT2D eigenvalue weighted by Crippen LogP contribution is 2.20. The maximum atomic E-state index is 10.6. The topological polar surface area (TPSA) is 83.8 Å². The number of unbranched alkanes of at least 4 members (excludes halogenated alkanes) is 20. The Kier molecular flexibility index (Phi) is 28.9. The molecule has 0 radical (unpaired) electrons. The predicted octanol–water partition coefficient (Wildman–Crippen LogP) is 11.2. The second-order valence-corrected chi connectivity index (χ2v) is 11.3. The summed E-state index contributed by atoms with van der Waals surface area (Å²) in [5, 5.41) is 17.2. The molecule has 0 saturated carbocycles. The van der Waals surface area contributed by atoms with Gasteiger partial charge in [0.1, 0.15) is 5.75 Å². The second kappa shape index (κ2) is 30.7. The van der Waals surface area contributed by atoms with Crippen LogP contribution < -0.4 is 4.74 Å². The van der Waals surface area contributed by atoms with Gasteiger partial charge in [-0.15, -0.1) is 0 Å². The van der Waals surface area contributed by atoms with Crippen molar-refractivity contribution in [2.45, 2.75) is 162 Å². The second-order valence-electron chi connectivity index (χ2n) is 11.3. The lowest BCUT2D eigenvalue weighted by atomic mass is 10.0. The molecule has 0 aliphatic heterocycles. The normalized spacial score (nSPS) is 10.9. The Labute approximate surface area is 252 Å². The van der Waals surface area contributed by atoms with Gasteiger partial charge in [-0.2, -0.15) is 0 Å². The highest BCUT2D eigenvalue weighted by molar-refractivity contribution is 5.85. The first-order chi connectivity index (χ1) is 20.0. The number of hydrogen-bond acceptors (Lipinski definition) is 3. The van der Waals surface area contributed by atoms with E-state index in [0.29, 0.717) is 13.0 Å². The lowest BCUT2D eigenvalue weighted by molar-refractivity contribution is -0.137. The smallest absolute Gasteiger partial charge is 0.328 e. The SMILES string of the molecule is CCCCCCCCCCCCCCCCCC(=O)O.CCCCCCCCCOc1ccccc1/C=C/C(=O)O. The number of carboxylic acids is 2. The van der Waals surface area contributed by atoms with Crippen molar-refractivity contribution in [3.63, 3.8) is 0 Å². The van der Waals surface area contributed by atoms with Gasteiger partial charge in [-0.1, -0.05) is 160 Å². The molecule has 5 nitrogen and oxygen atoms in total. The number of rotatable bonds is 27.